The van der Waals surface area contributed by atoms with Gasteiger partial charge in [0.1, 0.15) is 0 Å². The number of nitrogen functional groups attached to an aromatic ring is 1. The van der Waals surface area contributed by atoms with E-state index in [4.69, 9.17) is 5.73 Å². The van der Waals surface area contributed by atoms with Crippen LogP contribution in [0.1, 0.15) is 36.6 Å². The van der Waals surface area contributed by atoms with Crippen LogP contribution in [-0.4, -0.2) is 4.98 Å². The SMILES string of the molecule is CC(C)c1ncc(/C=C/c2ccccc2)cc1N. The summed E-state index contributed by atoms with van der Waals surface area (Å²) in [5, 5.41) is 0. The van der Waals surface area contributed by atoms with Crippen molar-refractivity contribution in [3.8, 4) is 0 Å². The smallest absolute Gasteiger partial charge is 0.0658 e. The molecule has 0 fully saturated rings. The third-order valence-corrected chi connectivity index (χ3v) is 2.79. The molecule has 2 nitrogen and oxygen atoms in total. The number of nitrogens with zero attached hydrogens (tertiary/aromatic N) is 1. The fourth-order valence-corrected chi connectivity index (χ4v) is 1.84. The third-order valence-electron chi connectivity index (χ3n) is 2.79. The van der Waals surface area contributed by atoms with E-state index in [1.165, 1.54) is 5.56 Å². The molecule has 0 atom stereocenters. The Balaban J connectivity index is 2.21. The Bertz CT molecular complexity index is 542. The van der Waals surface area contributed by atoms with Crippen molar-refractivity contribution >= 4 is 17.8 Å². The van der Waals surface area contributed by atoms with Gasteiger partial charge in [0.15, 0.2) is 0 Å². The van der Waals surface area contributed by atoms with E-state index in [0.717, 1.165) is 16.9 Å². The highest BCUT2D eigenvalue weighted by molar-refractivity contribution is 5.70. The van der Waals surface area contributed by atoms with Crippen LogP contribution in [0.15, 0.2) is 42.6 Å². The molecule has 0 saturated heterocycles. The van der Waals surface area contributed by atoms with E-state index in [2.05, 4.69) is 37.0 Å². The lowest BCUT2D eigenvalue weighted by molar-refractivity contribution is 0.826. The summed E-state index contributed by atoms with van der Waals surface area (Å²) >= 11 is 0. The molecule has 0 bridgehead atoms. The molecule has 0 unspecified atom stereocenters. The predicted molar refractivity (Wildman–Crippen MR) is 78.1 cm³/mol. The molecule has 2 rings (SSSR count). The summed E-state index contributed by atoms with van der Waals surface area (Å²) in [6, 6.07) is 12.2. The molecule has 92 valence electrons. The van der Waals surface area contributed by atoms with Gasteiger partial charge in [0.05, 0.1) is 11.4 Å². The molecule has 2 heteroatoms. The Kier molecular flexibility index (Phi) is 3.78. The molecule has 1 heterocycles. The maximum atomic E-state index is 5.99. The number of nitrogens with two attached hydrogens (primary N) is 1. The van der Waals surface area contributed by atoms with Crippen LogP contribution in [0.5, 0.6) is 0 Å². The summed E-state index contributed by atoms with van der Waals surface area (Å²) in [6.07, 6.45) is 5.96. The molecule has 1 aromatic heterocycles. The number of pyridine rings is 1. The minimum absolute atomic E-state index is 0.358. The summed E-state index contributed by atoms with van der Waals surface area (Å²) in [5.41, 5.74) is 9.92. The van der Waals surface area contributed by atoms with Crippen LogP contribution in [0, 0.1) is 0 Å². The highest BCUT2D eigenvalue weighted by Crippen LogP contribution is 2.20. The van der Waals surface area contributed by atoms with Crippen molar-refractivity contribution < 1.29 is 0 Å². The van der Waals surface area contributed by atoms with Gasteiger partial charge in [0.2, 0.25) is 0 Å². The summed E-state index contributed by atoms with van der Waals surface area (Å²) < 4.78 is 0. The van der Waals surface area contributed by atoms with Gasteiger partial charge in [0.25, 0.3) is 0 Å². The molecule has 0 spiro atoms. The Morgan fingerprint density at radius 1 is 1.06 bits per heavy atom. The summed E-state index contributed by atoms with van der Waals surface area (Å²) in [4.78, 5) is 4.41. The van der Waals surface area contributed by atoms with E-state index >= 15 is 0 Å². The molecule has 0 aliphatic heterocycles. The lowest BCUT2D eigenvalue weighted by Crippen LogP contribution is -2.00. The molecule has 0 aliphatic carbocycles. The monoisotopic (exact) mass is 238 g/mol. The lowest BCUT2D eigenvalue weighted by Gasteiger charge is -2.08. The van der Waals surface area contributed by atoms with Gasteiger partial charge in [-0.3, -0.25) is 4.98 Å². The third kappa shape index (κ3) is 2.98. The molecule has 0 aliphatic rings. The van der Waals surface area contributed by atoms with Crippen molar-refractivity contribution in [2.75, 3.05) is 5.73 Å². The maximum Gasteiger partial charge on any atom is 0.0658 e. The van der Waals surface area contributed by atoms with E-state index in [9.17, 15) is 0 Å². The van der Waals surface area contributed by atoms with Crippen molar-refractivity contribution in [3.63, 3.8) is 0 Å². The average Bonchev–Trinajstić information content (AvgIpc) is 2.37. The van der Waals surface area contributed by atoms with Gasteiger partial charge in [-0.15, -0.1) is 0 Å². The second kappa shape index (κ2) is 5.50. The molecular weight excluding hydrogens is 220 g/mol. The largest absolute Gasteiger partial charge is 0.397 e. The molecule has 0 amide bonds. The van der Waals surface area contributed by atoms with E-state index in [0.29, 0.717) is 5.92 Å². The van der Waals surface area contributed by atoms with Crippen molar-refractivity contribution in [2.24, 2.45) is 0 Å². The van der Waals surface area contributed by atoms with E-state index in [-0.39, 0.29) is 0 Å². The number of benzene rings is 1. The average molecular weight is 238 g/mol. The number of anilines is 1. The van der Waals surface area contributed by atoms with Crippen molar-refractivity contribution in [3.05, 3.63) is 59.4 Å². The highest BCUT2D eigenvalue weighted by atomic mass is 14.7. The number of rotatable bonds is 3. The molecule has 1 aromatic carbocycles. The fourth-order valence-electron chi connectivity index (χ4n) is 1.84. The predicted octanol–water partition coefficient (Wildman–Crippen LogP) is 3.96. The topological polar surface area (TPSA) is 38.9 Å². The van der Waals surface area contributed by atoms with Gasteiger partial charge in [-0.05, 0) is 23.1 Å². The zero-order valence-electron chi connectivity index (χ0n) is 10.8. The van der Waals surface area contributed by atoms with Gasteiger partial charge in [-0.2, -0.15) is 0 Å². The molecule has 0 saturated carbocycles. The number of hydrogen-bond donors (Lipinski definition) is 1. The van der Waals surface area contributed by atoms with Crippen LogP contribution in [0.2, 0.25) is 0 Å². The molecule has 2 aromatic rings. The second-order valence-electron chi connectivity index (χ2n) is 4.64. The standard InChI is InChI=1S/C16H18N2/c1-12(2)16-15(17)10-14(11-18-16)9-8-13-6-4-3-5-7-13/h3-12H,17H2,1-2H3/b9-8+. The van der Waals surface area contributed by atoms with Crippen molar-refractivity contribution in [2.45, 2.75) is 19.8 Å². The molecule has 0 radical (unpaired) electrons. The zero-order chi connectivity index (χ0) is 13.0. The lowest BCUT2D eigenvalue weighted by atomic mass is 10.1. The highest BCUT2D eigenvalue weighted by Gasteiger charge is 2.05. The van der Waals surface area contributed by atoms with Gasteiger partial charge >= 0.3 is 0 Å². The Morgan fingerprint density at radius 3 is 2.33 bits per heavy atom. The summed E-state index contributed by atoms with van der Waals surface area (Å²) in [5.74, 6) is 0.358. The number of aromatic nitrogens is 1. The Labute approximate surface area is 108 Å². The van der Waals surface area contributed by atoms with Crippen LogP contribution in [0.4, 0.5) is 5.69 Å². The van der Waals surface area contributed by atoms with Crippen LogP contribution in [0.25, 0.3) is 12.2 Å². The second-order valence-corrected chi connectivity index (χ2v) is 4.64. The van der Waals surface area contributed by atoms with E-state index in [1.54, 1.807) is 0 Å². The Hall–Kier alpha value is -2.09. The van der Waals surface area contributed by atoms with Crippen molar-refractivity contribution in [1.29, 1.82) is 0 Å². The first-order valence-electron chi connectivity index (χ1n) is 6.15. The maximum absolute atomic E-state index is 5.99. The molecule has 2 N–H and O–H groups in total. The minimum Gasteiger partial charge on any atom is -0.397 e. The number of hydrogen-bond acceptors (Lipinski definition) is 2. The minimum atomic E-state index is 0.358. The van der Waals surface area contributed by atoms with Gasteiger partial charge < -0.3 is 5.73 Å². The van der Waals surface area contributed by atoms with Gasteiger partial charge in [-0.25, -0.2) is 0 Å². The first kappa shape index (κ1) is 12.4. The molecule has 18 heavy (non-hydrogen) atoms. The van der Waals surface area contributed by atoms with Crippen molar-refractivity contribution in [1.82, 2.24) is 4.98 Å². The van der Waals surface area contributed by atoms with Gasteiger partial charge in [-0.1, -0.05) is 56.3 Å². The Morgan fingerprint density at radius 2 is 1.72 bits per heavy atom. The van der Waals surface area contributed by atoms with Crippen LogP contribution < -0.4 is 5.73 Å². The normalized spacial score (nSPS) is 11.3. The summed E-state index contributed by atoms with van der Waals surface area (Å²) in [6.45, 7) is 4.19. The first-order valence-corrected chi connectivity index (χ1v) is 6.15. The summed E-state index contributed by atoms with van der Waals surface area (Å²) in [7, 11) is 0. The van der Waals surface area contributed by atoms with Gasteiger partial charge in [0, 0.05) is 6.20 Å². The first-order chi connectivity index (χ1) is 8.66. The quantitative estimate of drug-likeness (QED) is 0.879. The fraction of sp³-hybridized carbons (Fsp3) is 0.188. The molecular formula is C16H18N2. The van der Waals surface area contributed by atoms with Crippen LogP contribution in [0.3, 0.4) is 0 Å². The zero-order valence-corrected chi connectivity index (χ0v) is 10.8. The van der Waals surface area contributed by atoms with E-state index < -0.39 is 0 Å². The van der Waals surface area contributed by atoms with E-state index in [1.807, 2.05) is 36.5 Å². The van der Waals surface area contributed by atoms with Crippen LogP contribution >= 0.6 is 0 Å². The van der Waals surface area contributed by atoms with Crippen LogP contribution in [-0.2, 0) is 0 Å².